The van der Waals surface area contributed by atoms with Crippen LogP contribution < -0.4 is 20.3 Å². The van der Waals surface area contributed by atoms with Crippen LogP contribution >= 0.6 is 0 Å². The van der Waals surface area contributed by atoms with Crippen LogP contribution in [-0.4, -0.2) is 41.6 Å². The average Bonchev–Trinajstić information content (AvgIpc) is 3.01. The third kappa shape index (κ3) is 8.56. The number of fused-ring (bicyclic) bond motifs is 1. The molecule has 0 aromatic heterocycles. The number of anilines is 1. The first kappa shape index (κ1) is 29.1. The second-order valence-electron chi connectivity index (χ2n) is 9.04. The summed E-state index contributed by atoms with van der Waals surface area (Å²) < 4.78 is 17.9. The molecule has 0 heterocycles. The monoisotopic (exact) mass is 556 g/mol. The summed E-state index contributed by atoms with van der Waals surface area (Å²) in [7, 11) is 0. The van der Waals surface area contributed by atoms with E-state index in [4.69, 9.17) is 24.5 Å². The Morgan fingerprint density at radius 2 is 1.59 bits per heavy atom. The molecular weight excluding hydrogens is 524 g/mol. The molecule has 41 heavy (non-hydrogen) atoms. The number of hydroxylamine groups is 1. The topological polar surface area (TPSA) is 126 Å². The quantitative estimate of drug-likeness (QED) is 0.0933. The fourth-order valence-electron chi connectivity index (χ4n) is 4.30. The SMILES string of the molecule is O=C(/C=C/CC[C@@H](Oc1ccccc1)[C@H](OC(=O)Nc1cccc2ccccc12)c1ccc(OCCO)cc1)NO. The number of allylic oxidation sites excluding steroid dienone is 1. The fraction of sp³-hybridized carbons (Fsp3) is 0.188. The van der Waals surface area contributed by atoms with Gasteiger partial charge in [-0.25, -0.2) is 10.3 Å². The zero-order chi connectivity index (χ0) is 28.9. The summed E-state index contributed by atoms with van der Waals surface area (Å²) in [6.45, 7) is 0.0385. The second kappa shape index (κ2) is 15.1. The van der Waals surface area contributed by atoms with E-state index in [1.165, 1.54) is 6.08 Å². The van der Waals surface area contributed by atoms with Crippen molar-refractivity contribution in [2.45, 2.75) is 25.0 Å². The van der Waals surface area contributed by atoms with Gasteiger partial charge in [0.15, 0.2) is 6.10 Å². The van der Waals surface area contributed by atoms with Gasteiger partial charge in [0.25, 0.3) is 5.91 Å². The Kier molecular flexibility index (Phi) is 10.7. The van der Waals surface area contributed by atoms with Gasteiger partial charge >= 0.3 is 6.09 Å². The summed E-state index contributed by atoms with van der Waals surface area (Å²) in [5.41, 5.74) is 2.83. The molecule has 0 spiro atoms. The number of para-hydroxylation sites is 1. The van der Waals surface area contributed by atoms with Crippen molar-refractivity contribution < 1.29 is 34.1 Å². The maximum absolute atomic E-state index is 13.3. The van der Waals surface area contributed by atoms with E-state index in [9.17, 15) is 9.59 Å². The minimum Gasteiger partial charge on any atom is -0.491 e. The molecule has 212 valence electrons. The fourth-order valence-corrected chi connectivity index (χ4v) is 4.30. The standard InChI is InChI=1S/C32H32N2O7/c35-21-22-39-25-19-17-24(18-20-25)31(41-32(37)33-28-14-8-10-23-9-4-5-13-27(23)28)29(15-6-7-16-30(36)34-38)40-26-11-2-1-3-12-26/h1-5,7-14,16-20,29,31,35,38H,6,15,21-22H2,(H,33,37)(H,34,36)/b16-7+/t29-,31-/m1/s1. The van der Waals surface area contributed by atoms with Crippen molar-refractivity contribution in [1.82, 2.24) is 5.48 Å². The lowest BCUT2D eigenvalue weighted by atomic mass is 10.00. The maximum atomic E-state index is 13.3. The van der Waals surface area contributed by atoms with Gasteiger partial charge in [0.05, 0.1) is 12.3 Å². The summed E-state index contributed by atoms with van der Waals surface area (Å²) in [5.74, 6) is 0.493. The molecule has 0 fully saturated rings. The van der Waals surface area contributed by atoms with Crippen LogP contribution in [0.3, 0.4) is 0 Å². The first-order valence-electron chi connectivity index (χ1n) is 13.2. The van der Waals surface area contributed by atoms with Gasteiger partial charge in [-0.15, -0.1) is 0 Å². The van der Waals surface area contributed by atoms with Crippen molar-refractivity contribution in [2.24, 2.45) is 0 Å². The molecule has 2 atom stereocenters. The lowest BCUT2D eigenvalue weighted by molar-refractivity contribution is -0.124. The normalized spacial score (nSPS) is 12.4. The van der Waals surface area contributed by atoms with Crippen molar-refractivity contribution in [2.75, 3.05) is 18.5 Å². The molecule has 0 aliphatic heterocycles. The molecule has 4 N–H and O–H groups in total. The van der Waals surface area contributed by atoms with Crippen LogP contribution in [0.15, 0.2) is 109 Å². The number of aliphatic hydroxyl groups is 1. The highest BCUT2D eigenvalue weighted by Gasteiger charge is 2.29. The van der Waals surface area contributed by atoms with Crippen LogP contribution in [0.1, 0.15) is 24.5 Å². The predicted octanol–water partition coefficient (Wildman–Crippen LogP) is 5.79. The van der Waals surface area contributed by atoms with E-state index in [1.807, 2.05) is 54.6 Å². The highest BCUT2D eigenvalue weighted by atomic mass is 16.6. The summed E-state index contributed by atoms with van der Waals surface area (Å²) >= 11 is 0. The first-order valence-corrected chi connectivity index (χ1v) is 13.2. The lowest BCUT2D eigenvalue weighted by Crippen LogP contribution is -2.31. The molecular formula is C32H32N2O7. The van der Waals surface area contributed by atoms with Crippen LogP contribution in [0, 0.1) is 0 Å². The van der Waals surface area contributed by atoms with Crippen molar-refractivity contribution in [3.05, 3.63) is 115 Å². The Bertz CT molecular complexity index is 1440. The molecule has 0 aliphatic rings. The number of rotatable bonds is 13. The second-order valence-corrected chi connectivity index (χ2v) is 9.04. The van der Waals surface area contributed by atoms with Crippen LogP contribution in [0.5, 0.6) is 11.5 Å². The summed E-state index contributed by atoms with van der Waals surface area (Å²) in [4.78, 5) is 24.8. The molecule has 2 amide bonds. The van der Waals surface area contributed by atoms with E-state index >= 15 is 0 Å². The zero-order valence-electron chi connectivity index (χ0n) is 22.3. The van der Waals surface area contributed by atoms with Gasteiger partial charge in [-0.1, -0.05) is 72.8 Å². The third-order valence-corrected chi connectivity index (χ3v) is 6.19. The minimum atomic E-state index is -0.850. The Hall–Kier alpha value is -4.86. The molecule has 0 unspecified atom stereocenters. The minimum absolute atomic E-state index is 0.114. The number of hydrogen-bond acceptors (Lipinski definition) is 7. The Morgan fingerprint density at radius 1 is 0.854 bits per heavy atom. The smallest absolute Gasteiger partial charge is 0.412 e. The average molecular weight is 557 g/mol. The third-order valence-electron chi connectivity index (χ3n) is 6.19. The zero-order valence-corrected chi connectivity index (χ0v) is 22.3. The number of ether oxygens (including phenoxy) is 3. The maximum Gasteiger partial charge on any atom is 0.412 e. The van der Waals surface area contributed by atoms with E-state index in [1.54, 1.807) is 54.0 Å². The molecule has 4 aromatic carbocycles. The summed E-state index contributed by atoms with van der Waals surface area (Å²) in [5, 5.41) is 22.6. The van der Waals surface area contributed by atoms with Crippen molar-refractivity contribution in [3.8, 4) is 11.5 Å². The molecule has 9 nitrogen and oxygen atoms in total. The van der Waals surface area contributed by atoms with E-state index in [0.717, 1.165) is 10.8 Å². The highest BCUT2D eigenvalue weighted by Crippen LogP contribution is 2.31. The van der Waals surface area contributed by atoms with Gasteiger partial charge in [0.2, 0.25) is 0 Å². The predicted molar refractivity (Wildman–Crippen MR) is 155 cm³/mol. The molecule has 4 aromatic rings. The summed E-state index contributed by atoms with van der Waals surface area (Å²) in [6.07, 6.45) is 1.43. The van der Waals surface area contributed by atoms with Crippen molar-refractivity contribution in [1.29, 1.82) is 0 Å². The molecule has 4 rings (SSSR count). The van der Waals surface area contributed by atoms with E-state index in [0.29, 0.717) is 35.6 Å². The first-order chi connectivity index (χ1) is 20.1. The van der Waals surface area contributed by atoms with Crippen molar-refractivity contribution in [3.63, 3.8) is 0 Å². The van der Waals surface area contributed by atoms with Crippen LogP contribution in [-0.2, 0) is 9.53 Å². The molecule has 0 aliphatic carbocycles. The Balaban J connectivity index is 1.62. The van der Waals surface area contributed by atoms with Gasteiger partial charge in [0.1, 0.15) is 24.2 Å². The van der Waals surface area contributed by atoms with Crippen LogP contribution in [0.2, 0.25) is 0 Å². The molecule has 9 heteroatoms. The summed E-state index contributed by atoms with van der Waals surface area (Å²) in [6, 6.07) is 29.5. The molecule has 0 saturated carbocycles. The van der Waals surface area contributed by atoms with Gasteiger partial charge in [-0.3, -0.25) is 15.3 Å². The lowest BCUT2D eigenvalue weighted by Gasteiger charge is -2.28. The highest BCUT2D eigenvalue weighted by molar-refractivity contribution is 6.00. The van der Waals surface area contributed by atoms with Gasteiger partial charge < -0.3 is 19.3 Å². The van der Waals surface area contributed by atoms with E-state index in [-0.39, 0.29) is 13.2 Å². The number of carbonyl (C=O) groups is 2. The Labute approximate surface area is 237 Å². The number of amides is 2. The van der Waals surface area contributed by atoms with Crippen molar-refractivity contribution >= 4 is 28.5 Å². The van der Waals surface area contributed by atoms with E-state index in [2.05, 4.69) is 5.32 Å². The molecule has 0 saturated heterocycles. The number of nitrogens with one attached hydrogen (secondary N) is 2. The van der Waals surface area contributed by atoms with Crippen LogP contribution in [0.4, 0.5) is 10.5 Å². The molecule has 0 bridgehead atoms. The number of benzene rings is 4. The number of aliphatic hydroxyl groups excluding tert-OH is 1. The molecule has 0 radical (unpaired) electrons. The van der Waals surface area contributed by atoms with Gasteiger partial charge in [-0.2, -0.15) is 0 Å². The largest absolute Gasteiger partial charge is 0.491 e. The van der Waals surface area contributed by atoms with Gasteiger partial charge in [0, 0.05) is 11.5 Å². The van der Waals surface area contributed by atoms with E-state index < -0.39 is 24.2 Å². The van der Waals surface area contributed by atoms with Crippen LogP contribution in [0.25, 0.3) is 10.8 Å². The number of hydrogen-bond donors (Lipinski definition) is 4. The van der Waals surface area contributed by atoms with Gasteiger partial charge in [-0.05, 0) is 54.1 Å². The Morgan fingerprint density at radius 3 is 2.34 bits per heavy atom. The number of carbonyl (C=O) groups excluding carboxylic acids is 2.